The summed E-state index contributed by atoms with van der Waals surface area (Å²) in [6, 6.07) is 9.37. The van der Waals surface area contributed by atoms with Gasteiger partial charge in [-0.2, -0.15) is 0 Å². The quantitative estimate of drug-likeness (QED) is 0.780. The van der Waals surface area contributed by atoms with E-state index in [-0.39, 0.29) is 0 Å². The normalized spacial score (nSPS) is 13.0. The van der Waals surface area contributed by atoms with Crippen LogP contribution >= 0.6 is 0 Å². The molecule has 0 fully saturated rings. The van der Waals surface area contributed by atoms with Crippen molar-refractivity contribution >= 4 is 0 Å². The van der Waals surface area contributed by atoms with Gasteiger partial charge in [0.05, 0.1) is 0 Å². The van der Waals surface area contributed by atoms with Crippen LogP contribution in [0.2, 0.25) is 0 Å². The van der Waals surface area contributed by atoms with E-state index in [2.05, 4.69) is 62.3 Å². The topological polar surface area (TPSA) is 15.3 Å². The van der Waals surface area contributed by atoms with Gasteiger partial charge in [0.2, 0.25) is 0 Å². The number of hydrogen-bond donors (Lipinski definition) is 1. The Kier molecular flexibility index (Phi) is 6.23. The number of benzene rings is 1. The number of rotatable bonds is 7. The van der Waals surface area contributed by atoms with Crippen molar-refractivity contribution in [2.75, 3.05) is 13.6 Å². The van der Waals surface area contributed by atoms with E-state index in [4.69, 9.17) is 0 Å². The Morgan fingerprint density at radius 3 is 2.41 bits per heavy atom. The summed E-state index contributed by atoms with van der Waals surface area (Å²) >= 11 is 0. The van der Waals surface area contributed by atoms with Gasteiger partial charge >= 0.3 is 0 Å². The van der Waals surface area contributed by atoms with Crippen LogP contribution in [0.5, 0.6) is 0 Å². The zero-order valence-electron chi connectivity index (χ0n) is 11.7. The summed E-state index contributed by atoms with van der Waals surface area (Å²) in [6.07, 6.45) is 1.20. The fourth-order valence-electron chi connectivity index (χ4n) is 1.88. The van der Waals surface area contributed by atoms with Crippen LogP contribution in [0.25, 0.3) is 0 Å². The van der Waals surface area contributed by atoms with E-state index in [1.807, 2.05) is 0 Å². The molecule has 1 aromatic rings. The number of nitrogens with zero attached hydrogens (tertiary/aromatic N) is 1. The fraction of sp³-hybridized carbons (Fsp3) is 0.600. The number of hydrogen-bond acceptors (Lipinski definition) is 2. The second-order valence-electron chi connectivity index (χ2n) is 4.72. The van der Waals surface area contributed by atoms with E-state index in [1.165, 1.54) is 17.5 Å². The predicted octanol–water partition coefficient (Wildman–Crippen LogP) is 3.03. The third-order valence-corrected chi connectivity index (χ3v) is 3.45. The van der Waals surface area contributed by atoms with E-state index in [1.54, 1.807) is 0 Å². The maximum Gasteiger partial charge on any atom is 0.0236 e. The largest absolute Gasteiger partial charge is 0.313 e. The highest BCUT2D eigenvalue weighted by Gasteiger charge is 2.09. The molecule has 96 valence electrons. The van der Waals surface area contributed by atoms with Crippen molar-refractivity contribution in [3.63, 3.8) is 0 Å². The van der Waals surface area contributed by atoms with E-state index in [0.717, 1.165) is 19.6 Å². The first kappa shape index (κ1) is 14.2. The summed E-state index contributed by atoms with van der Waals surface area (Å²) < 4.78 is 0. The minimum absolute atomic E-state index is 0.641. The molecule has 1 unspecified atom stereocenters. The second-order valence-corrected chi connectivity index (χ2v) is 4.72. The molecular formula is C15H26N2. The molecule has 0 saturated carbocycles. The average molecular weight is 234 g/mol. The van der Waals surface area contributed by atoms with E-state index < -0.39 is 0 Å². The van der Waals surface area contributed by atoms with Crippen LogP contribution in [0.15, 0.2) is 24.3 Å². The molecule has 0 aromatic heterocycles. The Balaban J connectivity index is 2.68. The van der Waals surface area contributed by atoms with Crippen LogP contribution in [0.4, 0.5) is 0 Å². The lowest BCUT2D eigenvalue weighted by Crippen LogP contribution is -2.28. The summed E-state index contributed by atoms with van der Waals surface area (Å²) in [4.78, 5) is 2.42. The monoisotopic (exact) mass is 234 g/mol. The molecule has 1 aromatic carbocycles. The van der Waals surface area contributed by atoms with Gasteiger partial charge in [0.25, 0.3) is 0 Å². The van der Waals surface area contributed by atoms with Gasteiger partial charge in [0.1, 0.15) is 0 Å². The van der Waals surface area contributed by atoms with E-state index in [9.17, 15) is 0 Å². The zero-order valence-corrected chi connectivity index (χ0v) is 11.7. The van der Waals surface area contributed by atoms with Crippen LogP contribution in [0.1, 0.15) is 38.3 Å². The highest BCUT2D eigenvalue weighted by atomic mass is 15.1. The maximum atomic E-state index is 3.40. The summed E-state index contributed by atoms with van der Waals surface area (Å²) in [6.45, 7) is 9.71. The molecule has 0 saturated heterocycles. The molecule has 1 N–H and O–H groups in total. The third kappa shape index (κ3) is 4.49. The summed E-state index contributed by atoms with van der Waals surface area (Å²) in [5, 5.41) is 3.40. The van der Waals surface area contributed by atoms with Crippen molar-refractivity contribution in [1.82, 2.24) is 10.2 Å². The molecule has 0 radical (unpaired) electrons. The van der Waals surface area contributed by atoms with Crippen molar-refractivity contribution in [1.29, 1.82) is 0 Å². The lowest BCUT2D eigenvalue weighted by Gasteiger charge is -2.24. The third-order valence-electron chi connectivity index (χ3n) is 3.45. The molecule has 0 spiro atoms. The van der Waals surface area contributed by atoms with Crippen molar-refractivity contribution in [3.8, 4) is 0 Å². The maximum absolute atomic E-state index is 3.40. The average Bonchev–Trinajstić information content (AvgIpc) is 2.36. The smallest absolute Gasteiger partial charge is 0.0236 e. The Labute approximate surface area is 106 Å². The van der Waals surface area contributed by atoms with Gasteiger partial charge in [-0.1, -0.05) is 38.1 Å². The SMILES string of the molecule is CCNCc1ccccc1CN(C)C(C)CC. The summed E-state index contributed by atoms with van der Waals surface area (Å²) in [5.74, 6) is 0. The van der Waals surface area contributed by atoms with Crippen LogP contribution in [-0.4, -0.2) is 24.5 Å². The lowest BCUT2D eigenvalue weighted by molar-refractivity contribution is 0.243. The van der Waals surface area contributed by atoms with Crippen LogP contribution in [0.3, 0.4) is 0 Å². The van der Waals surface area contributed by atoms with Gasteiger partial charge in [0, 0.05) is 19.1 Å². The molecule has 17 heavy (non-hydrogen) atoms. The highest BCUT2D eigenvalue weighted by molar-refractivity contribution is 5.27. The van der Waals surface area contributed by atoms with Gasteiger partial charge in [-0.3, -0.25) is 4.90 Å². The van der Waals surface area contributed by atoms with Gasteiger partial charge in [0.15, 0.2) is 0 Å². The van der Waals surface area contributed by atoms with Crippen molar-refractivity contribution in [2.24, 2.45) is 0 Å². The molecular weight excluding hydrogens is 208 g/mol. The molecule has 1 rings (SSSR count). The lowest BCUT2D eigenvalue weighted by atomic mass is 10.1. The first-order chi connectivity index (χ1) is 8.19. The summed E-state index contributed by atoms with van der Waals surface area (Å²) in [7, 11) is 2.21. The molecule has 0 aliphatic carbocycles. The molecule has 0 heterocycles. The summed E-state index contributed by atoms with van der Waals surface area (Å²) in [5.41, 5.74) is 2.86. The molecule has 2 nitrogen and oxygen atoms in total. The Bertz CT molecular complexity index is 322. The highest BCUT2D eigenvalue weighted by Crippen LogP contribution is 2.13. The molecule has 0 aliphatic heterocycles. The predicted molar refractivity (Wildman–Crippen MR) is 75.0 cm³/mol. The fourth-order valence-corrected chi connectivity index (χ4v) is 1.88. The van der Waals surface area contributed by atoms with Crippen LogP contribution in [0, 0.1) is 0 Å². The van der Waals surface area contributed by atoms with Crippen LogP contribution < -0.4 is 5.32 Å². The van der Waals surface area contributed by atoms with Gasteiger partial charge in [-0.15, -0.1) is 0 Å². The Morgan fingerprint density at radius 2 is 1.82 bits per heavy atom. The van der Waals surface area contributed by atoms with E-state index >= 15 is 0 Å². The van der Waals surface area contributed by atoms with Crippen molar-refractivity contribution < 1.29 is 0 Å². The van der Waals surface area contributed by atoms with Gasteiger partial charge < -0.3 is 5.32 Å². The molecule has 0 amide bonds. The minimum atomic E-state index is 0.641. The zero-order chi connectivity index (χ0) is 12.7. The molecule has 1 atom stereocenters. The van der Waals surface area contributed by atoms with Crippen molar-refractivity contribution in [3.05, 3.63) is 35.4 Å². The van der Waals surface area contributed by atoms with Gasteiger partial charge in [-0.25, -0.2) is 0 Å². The van der Waals surface area contributed by atoms with Crippen LogP contribution in [-0.2, 0) is 13.1 Å². The standard InChI is InChI=1S/C15H26N2/c1-5-13(3)17(4)12-15-10-8-7-9-14(15)11-16-6-2/h7-10,13,16H,5-6,11-12H2,1-4H3. The Morgan fingerprint density at radius 1 is 1.18 bits per heavy atom. The second kappa shape index (κ2) is 7.46. The number of nitrogens with one attached hydrogen (secondary N) is 1. The Hall–Kier alpha value is -0.860. The molecule has 0 aliphatic rings. The molecule has 0 bridgehead atoms. The van der Waals surface area contributed by atoms with Gasteiger partial charge in [-0.05, 0) is 38.1 Å². The molecule has 2 heteroatoms. The minimum Gasteiger partial charge on any atom is -0.313 e. The first-order valence-corrected chi connectivity index (χ1v) is 6.66. The first-order valence-electron chi connectivity index (χ1n) is 6.66. The van der Waals surface area contributed by atoms with E-state index in [0.29, 0.717) is 6.04 Å². The van der Waals surface area contributed by atoms with Crippen molar-refractivity contribution in [2.45, 2.75) is 46.3 Å².